The van der Waals surface area contributed by atoms with E-state index in [4.69, 9.17) is 9.47 Å². The Kier molecular flexibility index (Phi) is 8.32. The largest absolute Gasteiger partial charge is 0.460 e. The van der Waals surface area contributed by atoms with Crippen LogP contribution in [0, 0.1) is 5.92 Å². The van der Waals surface area contributed by atoms with Crippen molar-refractivity contribution in [3.63, 3.8) is 0 Å². The van der Waals surface area contributed by atoms with Crippen molar-refractivity contribution in [3.8, 4) is 0 Å². The number of carbonyl (C=O) groups is 2. The first-order valence-corrected chi connectivity index (χ1v) is 11.7. The van der Waals surface area contributed by atoms with Crippen LogP contribution in [0.25, 0.3) is 0 Å². The van der Waals surface area contributed by atoms with E-state index in [1.165, 1.54) is 0 Å². The number of allylic oxidation sites excluding steroid dienone is 1. The van der Waals surface area contributed by atoms with E-state index in [0.29, 0.717) is 6.42 Å². The molecule has 1 aliphatic rings. The van der Waals surface area contributed by atoms with Crippen molar-refractivity contribution in [3.05, 3.63) is 83.9 Å². The molecule has 5 heteroatoms. The van der Waals surface area contributed by atoms with Gasteiger partial charge in [-0.25, -0.2) is 4.79 Å². The SMILES string of the molecule is C[C@@H](c1ccccc1)N(C(=O)OCc1ccccc1)[C@H]1C=CCCC[C@@H]1C(=O)OC(C)(C)C. The molecule has 5 nitrogen and oxygen atoms in total. The van der Waals surface area contributed by atoms with Gasteiger partial charge in [-0.1, -0.05) is 72.8 Å². The lowest BCUT2D eigenvalue weighted by molar-refractivity contribution is -0.162. The van der Waals surface area contributed by atoms with Gasteiger partial charge in [0.2, 0.25) is 0 Å². The number of hydrogen-bond acceptors (Lipinski definition) is 4. The van der Waals surface area contributed by atoms with E-state index in [0.717, 1.165) is 24.0 Å². The van der Waals surface area contributed by atoms with Crippen LogP contribution in [0.15, 0.2) is 72.8 Å². The maximum absolute atomic E-state index is 13.5. The van der Waals surface area contributed by atoms with Crippen LogP contribution in [-0.4, -0.2) is 28.6 Å². The van der Waals surface area contributed by atoms with Crippen molar-refractivity contribution in [2.24, 2.45) is 5.92 Å². The molecule has 2 aromatic carbocycles. The van der Waals surface area contributed by atoms with Crippen LogP contribution in [0.4, 0.5) is 4.79 Å². The molecule has 2 aromatic rings. The van der Waals surface area contributed by atoms with E-state index in [9.17, 15) is 9.59 Å². The zero-order chi connectivity index (χ0) is 23.8. The minimum atomic E-state index is -0.596. The summed E-state index contributed by atoms with van der Waals surface area (Å²) < 4.78 is 11.5. The predicted octanol–water partition coefficient (Wildman–Crippen LogP) is 6.45. The zero-order valence-corrected chi connectivity index (χ0v) is 20.1. The molecular formula is C28H35NO4. The molecule has 0 heterocycles. The molecule has 0 unspecified atom stereocenters. The third kappa shape index (κ3) is 6.95. The second-order valence-electron chi connectivity index (χ2n) is 9.52. The van der Waals surface area contributed by atoms with Gasteiger partial charge in [0.25, 0.3) is 0 Å². The first-order chi connectivity index (χ1) is 15.8. The Hall–Kier alpha value is -3.08. The highest BCUT2D eigenvalue weighted by Gasteiger charge is 2.40. The molecule has 0 aliphatic heterocycles. The Bertz CT molecular complexity index is 933. The van der Waals surface area contributed by atoms with E-state index in [-0.39, 0.29) is 18.6 Å². The molecule has 0 radical (unpaired) electrons. The first kappa shape index (κ1) is 24.6. The Morgan fingerprint density at radius 3 is 2.30 bits per heavy atom. The van der Waals surface area contributed by atoms with Gasteiger partial charge in [-0.15, -0.1) is 0 Å². The lowest BCUT2D eigenvalue weighted by Crippen LogP contribution is -2.48. The summed E-state index contributed by atoms with van der Waals surface area (Å²) in [5.74, 6) is -0.737. The number of esters is 1. The predicted molar refractivity (Wildman–Crippen MR) is 129 cm³/mol. The standard InChI is InChI=1S/C28H35NO4/c1-21(23-16-10-6-11-17-23)29(27(31)32-20-22-14-8-5-9-15-22)25-19-13-7-12-18-24(25)26(30)33-28(2,3)4/h5-6,8-11,13-17,19,21,24-25H,7,12,18,20H2,1-4H3/t21-,24-,25-/m0/s1. The fraction of sp³-hybridized carbons (Fsp3) is 0.429. The molecular weight excluding hydrogens is 414 g/mol. The van der Waals surface area contributed by atoms with Crippen LogP contribution in [-0.2, 0) is 20.9 Å². The maximum Gasteiger partial charge on any atom is 0.411 e. The second kappa shape index (κ2) is 11.2. The van der Waals surface area contributed by atoms with Gasteiger partial charge in [0, 0.05) is 0 Å². The number of rotatable bonds is 6. The number of carbonyl (C=O) groups excluding carboxylic acids is 2. The number of benzene rings is 2. The van der Waals surface area contributed by atoms with Crippen LogP contribution >= 0.6 is 0 Å². The van der Waals surface area contributed by atoms with Crippen molar-refractivity contribution in [2.75, 3.05) is 0 Å². The molecule has 3 atom stereocenters. The summed E-state index contributed by atoms with van der Waals surface area (Å²) in [6, 6.07) is 18.7. The molecule has 0 fully saturated rings. The summed E-state index contributed by atoms with van der Waals surface area (Å²) in [6.45, 7) is 7.75. The quantitative estimate of drug-likeness (QED) is 0.375. The average Bonchev–Trinajstić information content (AvgIpc) is 3.04. The van der Waals surface area contributed by atoms with Crippen molar-refractivity contribution in [2.45, 2.75) is 71.2 Å². The van der Waals surface area contributed by atoms with E-state index in [1.54, 1.807) is 4.90 Å². The molecule has 0 saturated heterocycles. The van der Waals surface area contributed by atoms with Crippen molar-refractivity contribution < 1.29 is 19.1 Å². The molecule has 176 valence electrons. The summed E-state index contributed by atoms with van der Waals surface area (Å²) in [5.41, 5.74) is 1.30. The molecule has 0 bridgehead atoms. The highest BCUT2D eigenvalue weighted by atomic mass is 16.6. The third-order valence-corrected chi connectivity index (χ3v) is 5.78. The van der Waals surface area contributed by atoms with Gasteiger partial charge in [0.1, 0.15) is 12.2 Å². The molecule has 0 saturated carbocycles. The van der Waals surface area contributed by atoms with E-state index >= 15 is 0 Å². The number of hydrogen-bond donors (Lipinski definition) is 0. The summed E-state index contributed by atoms with van der Waals surface area (Å²) >= 11 is 0. The van der Waals surface area contributed by atoms with Gasteiger partial charge >= 0.3 is 12.1 Å². The minimum Gasteiger partial charge on any atom is -0.460 e. The van der Waals surface area contributed by atoms with Crippen molar-refractivity contribution in [1.82, 2.24) is 4.90 Å². The smallest absolute Gasteiger partial charge is 0.411 e. The summed E-state index contributed by atoms with van der Waals surface area (Å²) in [5, 5.41) is 0. The Morgan fingerprint density at radius 2 is 1.67 bits per heavy atom. The van der Waals surface area contributed by atoms with Crippen molar-refractivity contribution in [1.29, 1.82) is 0 Å². The van der Waals surface area contributed by atoms with E-state index in [1.807, 2.05) is 94.4 Å². The normalized spacial score (nSPS) is 19.3. The van der Waals surface area contributed by atoms with Gasteiger partial charge in [-0.3, -0.25) is 9.69 Å². The second-order valence-corrected chi connectivity index (χ2v) is 9.52. The number of nitrogens with zero attached hydrogens (tertiary/aromatic N) is 1. The van der Waals surface area contributed by atoms with Crippen molar-refractivity contribution >= 4 is 12.1 Å². The molecule has 0 aromatic heterocycles. The third-order valence-electron chi connectivity index (χ3n) is 5.78. The van der Waals surface area contributed by atoms with Gasteiger partial charge in [0.05, 0.1) is 18.0 Å². The van der Waals surface area contributed by atoms with Gasteiger partial charge in [-0.05, 0) is 58.1 Å². The lowest BCUT2D eigenvalue weighted by Gasteiger charge is -2.38. The molecule has 1 aliphatic carbocycles. The topological polar surface area (TPSA) is 55.8 Å². The maximum atomic E-state index is 13.5. The average molecular weight is 450 g/mol. The van der Waals surface area contributed by atoms with E-state index in [2.05, 4.69) is 6.08 Å². The van der Waals surface area contributed by atoms with Gasteiger partial charge in [-0.2, -0.15) is 0 Å². The fourth-order valence-corrected chi connectivity index (χ4v) is 4.14. The molecule has 33 heavy (non-hydrogen) atoms. The van der Waals surface area contributed by atoms with Gasteiger partial charge < -0.3 is 9.47 Å². The number of ether oxygens (including phenoxy) is 2. The number of amides is 1. The van der Waals surface area contributed by atoms with Crippen LogP contribution in [0.3, 0.4) is 0 Å². The monoisotopic (exact) mass is 449 g/mol. The lowest BCUT2D eigenvalue weighted by atomic mass is 9.92. The highest BCUT2D eigenvalue weighted by molar-refractivity contribution is 5.76. The van der Waals surface area contributed by atoms with Crippen LogP contribution in [0.2, 0.25) is 0 Å². The fourth-order valence-electron chi connectivity index (χ4n) is 4.14. The summed E-state index contributed by atoms with van der Waals surface area (Å²) in [7, 11) is 0. The zero-order valence-electron chi connectivity index (χ0n) is 20.1. The molecule has 3 rings (SSSR count). The van der Waals surface area contributed by atoms with Crippen LogP contribution in [0.1, 0.15) is 64.1 Å². The summed E-state index contributed by atoms with van der Waals surface area (Å²) in [4.78, 5) is 28.4. The van der Waals surface area contributed by atoms with Crippen LogP contribution < -0.4 is 0 Å². The molecule has 1 amide bonds. The van der Waals surface area contributed by atoms with E-state index < -0.39 is 23.7 Å². The Labute approximate surface area is 197 Å². The Morgan fingerprint density at radius 1 is 1.03 bits per heavy atom. The highest BCUT2D eigenvalue weighted by Crippen LogP contribution is 2.33. The molecule has 0 spiro atoms. The van der Waals surface area contributed by atoms with Crippen LogP contribution in [0.5, 0.6) is 0 Å². The Balaban J connectivity index is 1.92. The summed E-state index contributed by atoms with van der Waals surface area (Å²) in [6.07, 6.45) is 5.97. The molecule has 0 N–H and O–H groups in total. The van der Waals surface area contributed by atoms with Gasteiger partial charge in [0.15, 0.2) is 0 Å². The first-order valence-electron chi connectivity index (χ1n) is 11.7. The minimum absolute atomic E-state index is 0.172.